The molecule has 0 bridgehead atoms. The van der Waals surface area contributed by atoms with E-state index in [1.165, 1.54) is 18.2 Å². The van der Waals surface area contributed by atoms with E-state index in [1.807, 2.05) is 0 Å². The summed E-state index contributed by atoms with van der Waals surface area (Å²) in [5.41, 5.74) is 0.310. The van der Waals surface area contributed by atoms with E-state index >= 15 is 0 Å². The quantitative estimate of drug-likeness (QED) is 0.696. The minimum atomic E-state index is -1.12. The molecule has 0 unspecified atom stereocenters. The largest absolute Gasteiger partial charge is 0.478 e. The van der Waals surface area contributed by atoms with Crippen LogP contribution in [0, 0.1) is 6.92 Å². The molecule has 0 fully saturated rings. The van der Waals surface area contributed by atoms with Crippen molar-refractivity contribution in [3.05, 3.63) is 74.6 Å². The molecular formula is C18H12ClNO5. The summed E-state index contributed by atoms with van der Waals surface area (Å²) in [5, 5.41) is 12.5. The van der Waals surface area contributed by atoms with Gasteiger partial charge in [-0.2, -0.15) is 0 Å². The normalized spacial score (nSPS) is 10.6. The van der Waals surface area contributed by atoms with Crippen molar-refractivity contribution in [1.82, 2.24) is 0 Å². The molecule has 25 heavy (non-hydrogen) atoms. The maximum Gasteiger partial charge on any atom is 0.349 e. The summed E-state index contributed by atoms with van der Waals surface area (Å²) in [5.74, 6) is -1.81. The molecule has 3 rings (SSSR count). The van der Waals surface area contributed by atoms with Gasteiger partial charge < -0.3 is 14.8 Å². The van der Waals surface area contributed by atoms with Crippen LogP contribution in [0.2, 0.25) is 5.02 Å². The third-order valence-electron chi connectivity index (χ3n) is 3.67. The Bertz CT molecular complexity index is 1070. The Hall–Kier alpha value is -3.12. The first kappa shape index (κ1) is 16.7. The first-order valence-electron chi connectivity index (χ1n) is 7.24. The third kappa shape index (κ3) is 3.39. The van der Waals surface area contributed by atoms with Crippen molar-refractivity contribution in [1.29, 1.82) is 0 Å². The van der Waals surface area contributed by atoms with Crippen LogP contribution in [0.5, 0.6) is 0 Å². The number of carboxylic acids is 1. The van der Waals surface area contributed by atoms with Crippen molar-refractivity contribution < 1.29 is 19.1 Å². The first-order chi connectivity index (χ1) is 11.8. The number of rotatable bonds is 3. The van der Waals surface area contributed by atoms with Crippen LogP contribution in [0.3, 0.4) is 0 Å². The predicted octanol–water partition coefficient (Wildman–Crippen LogP) is 3.71. The Morgan fingerprint density at radius 1 is 1.12 bits per heavy atom. The second kappa shape index (κ2) is 6.41. The second-order valence-electron chi connectivity index (χ2n) is 5.42. The summed E-state index contributed by atoms with van der Waals surface area (Å²) < 4.78 is 5.13. The van der Waals surface area contributed by atoms with Crippen LogP contribution in [-0.2, 0) is 0 Å². The SMILES string of the molecule is Cc1ccc(C(=O)O)cc1NC(=O)c1cc2cc(Cl)ccc2oc1=O. The molecule has 0 radical (unpaired) electrons. The van der Waals surface area contributed by atoms with Gasteiger partial charge in [-0.1, -0.05) is 17.7 Å². The number of hydrogen-bond acceptors (Lipinski definition) is 4. The van der Waals surface area contributed by atoms with E-state index in [0.29, 0.717) is 27.2 Å². The number of carbonyl (C=O) groups is 2. The fraction of sp³-hybridized carbons (Fsp3) is 0.0556. The van der Waals surface area contributed by atoms with Crippen molar-refractivity contribution in [2.45, 2.75) is 6.92 Å². The lowest BCUT2D eigenvalue weighted by atomic mass is 10.1. The number of amides is 1. The number of fused-ring (bicyclic) bond motifs is 1. The summed E-state index contributed by atoms with van der Waals surface area (Å²) in [6.45, 7) is 1.71. The van der Waals surface area contributed by atoms with Gasteiger partial charge in [0.1, 0.15) is 11.1 Å². The molecule has 0 saturated carbocycles. The van der Waals surface area contributed by atoms with E-state index in [1.54, 1.807) is 31.2 Å². The van der Waals surface area contributed by atoms with Crippen LogP contribution in [0.4, 0.5) is 5.69 Å². The van der Waals surface area contributed by atoms with Gasteiger partial charge in [0.15, 0.2) is 0 Å². The lowest BCUT2D eigenvalue weighted by Gasteiger charge is -2.09. The molecule has 0 aliphatic rings. The lowest BCUT2D eigenvalue weighted by molar-refractivity contribution is 0.0696. The fourth-order valence-electron chi connectivity index (χ4n) is 2.33. The second-order valence-corrected chi connectivity index (χ2v) is 5.86. The van der Waals surface area contributed by atoms with Crippen LogP contribution >= 0.6 is 11.6 Å². The Labute approximate surface area is 146 Å². The van der Waals surface area contributed by atoms with Gasteiger partial charge in [0.2, 0.25) is 0 Å². The number of aromatic carboxylic acids is 1. The standard InChI is InChI=1S/C18H12ClNO5/c1-9-2-3-10(17(22)23)8-14(9)20-16(21)13-7-11-6-12(19)4-5-15(11)25-18(13)24/h2-8H,1H3,(H,20,21)(H,22,23). The van der Waals surface area contributed by atoms with Gasteiger partial charge in [-0.3, -0.25) is 4.79 Å². The molecule has 3 aromatic rings. The Morgan fingerprint density at radius 2 is 1.88 bits per heavy atom. The summed E-state index contributed by atoms with van der Waals surface area (Å²) in [6.07, 6.45) is 0. The van der Waals surface area contributed by atoms with E-state index in [9.17, 15) is 14.4 Å². The molecule has 0 atom stereocenters. The van der Waals surface area contributed by atoms with Gasteiger partial charge in [-0.15, -0.1) is 0 Å². The molecule has 126 valence electrons. The highest BCUT2D eigenvalue weighted by molar-refractivity contribution is 6.31. The number of nitrogens with one attached hydrogen (secondary N) is 1. The number of hydrogen-bond donors (Lipinski definition) is 2. The Morgan fingerprint density at radius 3 is 2.60 bits per heavy atom. The summed E-state index contributed by atoms with van der Waals surface area (Å²) in [6, 6.07) is 10.4. The highest BCUT2D eigenvalue weighted by Crippen LogP contribution is 2.21. The van der Waals surface area contributed by atoms with Crippen LogP contribution in [0.25, 0.3) is 11.0 Å². The monoisotopic (exact) mass is 357 g/mol. The Kier molecular flexibility index (Phi) is 4.29. The molecule has 2 aromatic carbocycles. The predicted molar refractivity (Wildman–Crippen MR) is 93.6 cm³/mol. The smallest absolute Gasteiger partial charge is 0.349 e. The molecule has 0 spiro atoms. The molecule has 0 aliphatic carbocycles. The minimum absolute atomic E-state index is 0.0261. The molecule has 6 nitrogen and oxygen atoms in total. The van der Waals surface area contributed by atoms with E-state index < -0.39 is 17.5 Å². The van der Waals surface area contributed by atoms with Crippen molar-refractivity contribution in [2.24, 2.45) is 0 Å². The van der Waals surface area contributed by atoms with Crippen molar-refractivity contribution in [2.75, 3.05) is 5.32 Å². The van der Waals surface area contributed by atoms with Crippen LogP contribution in [0.1, 0.15) is 26.3 Å². The molecule has 1 amide bonds. The number of carboxylic acid groups (broad SMARTS) is 1. The van der Waals surface area contributed by atoms with E-state index in [0.717, 1.165) is 0 Å². The molecule has 0 saturated heterocycles. The van der Waals surface area contributed by atoms with E-state index in [4.69, 9.17) is 21.1 Å². The topological polar surface area (TPSA) is 96.6 Å². The average Bonchev–Trinajstić information content (AvgIpc) is 2.56. The molecule has 0 aliphatic heterocycles. The Balaban J connectivity index is 2.00. The molecule has 1 heterocycles. The van der Waals surface area contributed by atoms with Crippen molar-refractivity contribution in [3.8, 4) is 0 Å². The molecule has 2 N–H and O–H groups in total. The van der Waals surface area contributed by atoms with Gasteiger partial charge in [0, 0.05) is 16.1 Å². The summed E-state index contributed by atoms with van der Waals surface area (Å²) in [4.78, 5) is 35.6. The van der Waals surface area contributed by atoms with Gasteiger partial charge in [0.05, 0.1) is 5.56 Å². The lowest BCUT2D eigenvalue weighted by Crippen LogP contribution is -2.21. The summed E-state index contributed by atoms with van der Waals surface area (Å²) in [7, 11) is 0. The van der Waals surface area contributed by atoms with E-state index in [-0.39, 0.29) is 11.1 Å². The van der Waals surface area contributed by atoms with Crippen LogP contribution in [-0.4, -0.2) is 17.0 Å². The van der Waals surface area contributed by atoms with Crippen molar-refractivity contribution >= 4 is 40.1 Å². The number of aryl methyl sites for hydroxylation is 1. The zero-order valence-electron chi connectivity index (χ0n) is 13.0. The first-order valence-corrected chi connectivity index (χ1v) is 7.61. The van der Waals surface area contributed by atoms with Gasteiger partial charge >= 0.3 is 11.6 Å². The third-order valence-corrected chi connectivity index (χ3v) is 3.91. The number of anilines is 1. The molecule has 7 heteroatoms. The van der Waals surface area contributed by atoms with Crippen molar-refractivity contribution in [3.63, 3.8) is 0 Å². The zero-order chi connectivity index (χ0) is 18.1. The molecular weight excluding hydrogens is 346 g/mol. The highest BCUT2D eigenvalue weighted by Gasteiger charge is 2.16. The van der Waals surface area contributed by atoms with Gasteiger partial charge in [0.25, 0.3) is 5.91 Å². The minimum Gasteiger partial charge on any atom is -0.478 e. The maximum atomic E-state index is 12.4. The van der Waals surface area contributed by atoms with Gasteiger partial charge in [-0.25, -0.2) is 9.59 Å². The highest BCUT2D eigenvalue weighted by atomic mass is 35.5. The zero-order valence-corrected chi connectivity index (χ0v) is 13.8. The van der Waals surface area contributed by atoms with E-state index in [2.05, 4.69) is 5.32 Å². The number of carbonyl (C=O) groups excluding carboxylic acids is 1. The number of halogens is 1. The summed E-state index contributed by atoms with van der Waals surface area (Å²) >= 11 is 5.91. The fourth-order valence-corrected chi connectivity index (χ4v) is 2.51. The van der Waals surface area contributed by atoms with Crippen LogP contribution < -0.4 is 10.9 Å². The average molecular weight is 358 g/mol. The number of benzene rings is 2. The van der Waals surface area contributed by atoms with Crippen LogP contribution in [0.15, 0.2) is 51.7 Å². The maximum absolute atomic E-state index is 12.4. The van der Waals surface area contributed by atoms with Gasteiger partial charge in [-0.05, 0) is 48.9 Å². The molecule has 1 aromatic heterocycles.